The summed E-state index contributed by atoms with van der Waals surface area (Å²) in [6.07, 6.45) is 2.56. The van der Waals surface area contributed by atoms with Crippen LogP contribution in [0.25, 0.3) is 11.4 Å². The Balaban J connectivity index is 1.91. The van der Waals surface area contributed by atoms with Gasteiger partial charge in [0, 0.05) is 13.2 Å². The molecule has 1 N–H and O–H groups in total. The highest BCUT2D eigenvalue weighted by Crippen LogP contribution is 2.26. The maximum atomic E-state index is 14.5. The first kappa shape index (κ1) is 17.0. The second kappa shape index (κ2) is 6.24. The molecule has 0 fully saturated rings. The second-order valence-electron chi connectivity index (χ2n) is 5.69. The molecule has 0 aliphatic carbocycles. The van der Waals surface area contributed by atoms with Crippen LogP contribution >= 0.6 is 0 Å². The van der Waals surface area contributed by atoms with Crippen molar-refractivity contribution in [2.24, 2.45) is 7.05 Å². The molecule has 0 unspecified atom stereocenters. The fourth-order valence-corrected chi connectivity index (χ4v) is 3.26. The number of sulfonamides is 1. The zero-order valence-corrected chi connectivity index (χ0v) is 14.6. The molecule has 2 aromatic heterocycles. The lowest BCUT2D eigenvalue weighted by atomic mass is 10.1. The molecule has 0 amide bonds. The largest absolute Gasteiger partial charge is 0.279 e. The second-order valence-corrected chi connectivity index (χ2v) is 7.37. The Bertz CT molecular complexity index is 1010. The molecule has 0 saturated carbocycles. The third-order valence-electron chi connectivity index (χ3n) is 3.44. The zero-order chi connectivity index (χ0) is 18.2. The van der Waals surface area contributed by atoms with E-state index in [1.807, 2.05) is 13.8 Å². The number of tetrazole rings is 1. The normalized spacial score (nSPS) is 11.9. The van der Waals surface area contributed by atoms with Gasteiger partial charge in [-0.05, 0) is 42.5 Å². The summed E-state index contributed by atoms with van der Waals surface area (Å²) in [6.45, 7) is 3.74. The van der Waals surface area contributed by atoms with E-state index in [1.165, 1.54) is 33.9 Å². The highest BCUT2D eigenvalue weighted by molar-refractivity contribution is 7.92. The topological polar surface area (TPSA) is 108 Å². The molecule has 0 aliphatic heterocycles. The van der Waals surface area contributed by atoms with Crippen LogP contribution in [0.5, 0.6) is 0 Å². The summed E-state index contributed by atoms with van der Waals surface area (Å²) in [6, 6.07) is 3.92. The van der Waals surface area contributed by atoms with Crippen LogP contribution in [0.1, 0.15) is 19.9 Å². The van der Waals surface area contributed by atoms with Crippen molar-refractivity contribution >= 4 is 15.7 Å². The van der Waals surface area contributed by atoms with Gasteiger partial charge in [0.1, 0.15) is 10.7 Å². The number of hydrogen-bond donors (Lipinski definition) is 1. The molecule has 0 aliphatic rings. The molecule has 3 rings (SSSR count). The van der Waals surface area contributed by atoms with Crippen molar-refractivity contribution in [3.05, 3.63) is 36.4 Å². The van der Waals surface area contributed by atoms with Crippen molar-refractivity contribution in [1.29, 1.82) is 0 Å². The molecule has 25 heavy (non-hydrogen) atoms. The molecule has 11 heteroatoms. The Hall–Kier alpha value is -2.82. The number of anilines is 1. The van der Waals surface area contributed by atoms with Crippen molar-refractivity contribution in [2.75, 3.05) is 4.72 Å². The van der Waals surface area contributed by atoms with Crippen molar-refractivity contribution in [1.82, 2.24) is 30.0 Å². The van der Waals surface area contributed by atoms with Gasteiger partial charge in [0.05, 0.1) is 23.5 Å². The van der Waals surface area contributed by atoms with Crippen molar-refractivity contribution in [2.45, 2.75) is 24.8 Å². The van der Waals surface area contributed by atoms with E-state index in [0.717, 1.165) is 6.07 Å². The molecule has 2 heterocycles. The first-order valence-corrected chi connectivity index (χ1v) is 8.85. The summed E-state index contributed by atoms with van der Waals surface area (Å²) in [5.41, 5.74) is 0.275. The number of rotatable bonds is 5. The van der Waals surface area contributed by atoms with Crippen molar-refractivity contribution in [3.8, 4) is 11.4 Å². The van der Waals surface area contributed by atoms with Gasteiger partial charge in [0.25, 0.3) is 10.0 Å². The number of halogens is 1. The standard InChI is InChI=1S/C14H16FN7O2S/c1-9(2)22-14(17-19-20-22)12-5-4-10(6-13(12)15)18-25(23,24)11-7-16-21(3)8-11/h4-9,18H,1-3H3. The SMILES string of the molecule is CC(C)n1nnnc1-c1ccc(NS(=O)(=O)c2cnn(C)c2)cc1F. The van der Waals surface area contributed by atoms with Gasteiger partial charge in [-0.15, -0.1) is 5.10 Å². The van der Waals surface area contributed by atoms with Gasteiger partial charge in [-0.2, -0.15) is 5.10 Å². The van der Waals surface area contributed by atoms with E-state index >= 15 is 0 Å². The maximum absolute atomic E-state index is 14.5. The lowest BCUT2D eigenvalue weighted by Gasteiger charge is -2.10. The average Bonchev–Trinajstić information content (AvgIpc) is 3.16. The monoisotopic (exact) mass is 365 g/mol. The third-order valence-corrected chi connectivity index (χ3v) is 4.77. The van der Waals surface area contributed by atoms with Gasteiger partial charge in [-0.25, -0.2) is 17.5 Å². The minimum absolute atomic E-state index is 0.0109. The molecular weight excluding hydrogens is 349 g/mol. The lowest BCUT2D eigenvalue weighted by molar-refractivity contribution is 0.517. The van der Waals surface area contributed by atoms with Gasteiger partial charge in [-0.3, -0.25) is 9.40 Å². The summed E-state index contributed by atoms with van der Waals surface area (Å²) >= 11 is 0. The summed E-state index contributed by atoms with van der Waals surface area (Å²) < 4.78 is 44.2. The summed E-state index contributed by atoms with van der Waals surface area (Å²) in [5.74, 6) is -0.364. The van der Waals surface area contributed by atoms with E-state index in [0.29, 0.717) is 0 Å². The zero-order valence-electron chi connectivity index (χ0n) is 13.8. The number of hydrogen-bond acceptors (Lipinski definition) is 6. The Morgan fingerprint density at radius 1 is 1.28 bits per heavy atom. The van der Waals surface area contributed by atoms with Gasteiger partial charge in [0.2, 0.25) is 0 Å². The summed E-state index contributed by atoms with van der Waals surface area (Å²) in [7, 11) is -2.24. The van der Waals surface area contributed by atoms with Crippen molar-refractivity contribution < 1.29 is 12.8 Å². The highest BCUT2D eigenvalue weighted by atomic mass is 32.2. The molecule has 0 bridgehead atoms. The first-order chi connectivity index (χ1) is 11.8. The summed E-state index contributed by atoms with van der Waals surface area (Å²) in [5, 5.41) is 15.0. The molecule has 0 radical (unpaired) electrons. The van der Waals surface area contributed by atoms with Crippen LogP contribution in [0.15, 0.2) is 35.5 Å². The van der Waals surface area contributed by atoms with Crippen LogP contribution < -0.4 is 4.72 Å². The first-order valence-electron chi connectivity index (χ1n) is 7.37. The fraction of sp³-hybridized carbons (Fsp3) is 0.286. The number of benzene rings is 1. The van der Waals surface area contributed by atoms with Crippen LogP contribution in [0.4, 0.5) is 10.1 Å². The summed E-state index contributed by atoms with van der Waals surface area (Å²) in [4.78, 5) is -0.0109. The minimum atomic E-state index is -3.84. The Kier molecular flexibility index (Phi) is 4.25. The van der Waals surface area contributed by atoms with Crippen molar-refractivity contribution in [3.63, 3.8) is 0 Å². The van der Waals surface area contributed by atoms with Gasteiger partial charge in [-0.1, -0.05) is 0 Å². The fourth-order valence-electron chi connectivity index (χ4n) is 2.23. The van der Waals surface area contributed by atoms with Crippen LogP contribution in [-0.2, 0) is 17.1 Å². The molecular formula is C14H16FN7O2S. The number of nitrogens with one attached hydrogen (secondary N) is 1. The van der Waals surface area contributed by atoms with Gasteiger partial charge in [0.15, 0.2) is 5.82 Å². The van der Waals surface area contributed by atoms with Crippen LogP contribution in [-0.4, -0.2) is 38.4 Å². The van der Waals surface area contributed by atoms with E-state index < -0.39 is 15.8 Å². The molecule has 1 aromatic carbocycles. The number of aromatic nitrogens is 6. The van der Waals surface area contributed by atoms with E-state index in [1.54, 1.807) is 7.05 Å². The minimum Gasteiger partial charge on any atom is -0.279 e. The van der Waals surface area contributed by atoms with E-state index in [4.69, 9.17) is 0 Å². The van der Waals surface area contributed by atoms with E-state index in [2.05, 4.69) is 25.3 Å². The third kappa shape index (κ3) is 3.36. The quantitative estimate of drug-likeness (QED) is 0.736. The lowest BCUT2D eigenvalue weighted by Crippen LogP contribution is -2.12. The van der Waals surface area contributed by atoms with Crippen LogP contribution in [0, 0.1) is 5.82 Å². The molecule has 0 atom stereocenters. The maximum Gasteiger partial charge on any atom is 0.265 e. The predicted octanol–water partition coefficient (Wildman–Crippen LogP) is 1.59. The number of aryl methyl sites for hydroxylation is 1. The number of nitrogens with zero attached hydrogens (tertiary/aromatic N) is 6. The predicted molar refractivity (Wildman–Crippen MR) is 87.6 cm³/mol. The molecule has 132 valence electrons. The molecule has 3 aromatic rings. The van der Waals surface area contributed by atoms with Gasteiger partial charge < -0.3 is 0 Å². The molecule has 0 saturated heterocycles. The Morgan fingerprint density at radius 3 is 2.64 bits per heavy atom. The van der Waals surface area contributed by atoms with E-state index in [9.17, 15) is 12.8 Å². The molecule has 9 nitrogen and oxygen atoms in total. The van der Waals surface area contributed by atoms with Crippen LogP contribution in [0.3, 0.4) is 0 Å². The Labute approximate surface area is 143 Å². The average molecular weight is 365 g/mol. The molecule has 0 spiro atoms. The highest BCUT2D eigenvalue weighted by Gasteiger charge is 2.19. The Morgan fingerprint density at radius 2 is 2.04 bits per heavy atom. The smallest absolute Gasteiger partial charge is 0.265 e. The van der Waals surface area contributed by atoms with Gasteiger partial charge >= 0.3 is 0 Å². The van der Waals surface area contributed by atoms with E-state index in [-0.39, 0.29) is 28.0 Å². The van der Waals surface area contributed by atoms with Crippen LogP contribution in [0.2, 0.25) is 0 Å².